The Labute approximate surface area is 68.5 Å². The maximum absolute atomic E-state index is 10.6. The highest BCUT2D eigenvalue weighted by Gasteiger charge is 2.08. The van der Waals surface area contributed by atoms with Gasteiger partial charge in [-0.3, -0.25) is 4.79 Å². The number of amides is 1. The van der Waals surface area contributed by atoms with Gasteiger partial charge < -0.3 is 5.73 Å². The zero-order valence-electron chi connectivity index (χ0n) is 7.39. The Balaban J connectivity index is 3.81. The van der Waals surface area contributed by atoms with Crippen LogP contribution in [-0.4, -0.2) is 5.91 Å². The molecule has 0 aliphatic carbocycles. The molecule has 0 aliphatic rings. The van der Waals surface area contributed by atoms with E-state index in [1.165, 1.54) is 0 Å². The Morgan fingerprint density at radius 2 is 1.91 bits per heavy atom. The van der Waals surface area contributed by atoms with Crippen LogP contribution in [-0.2, 0) is 4.79 Å². The maximum Gasteiger partial charge on any atom is 0.244 e. The highest BCUT2D eigenvalue weighted by molar-refractivity contribution is 5.91. The Morgan fingerprint density at radius 3 is 2.18 bits per heavy atom. The first-order valence-electron chi connectivity index (χ1n) is 4.09. The molecule has 0 aromatic carbocycles. The zero-order valence-corrected chi connectivity index (χ0v) is 7.39. The van der Waals surface area contributed by atoms with Crippen LogP contribution in [0, 0.1) is 5.92 Å². The molecule has 0 saturated carbocycles. The zero-order chi connectivity index (χ0) is 8.85. The van der Waals surface area contributed by atoms with Crippen LogP contribution in [0.15, 0.2) is 12.2 Å². The average Bonchev–Trinajstić information content (AvgIpc) is 1.99. The Morgan fingerprint density at radius 1 is 1.45 bits per heavy atom. The molecule has 11 heavy (non-hydrogen) atoms. The van der Waals surface area contributed by atoms with Crippen molar-refractivity contribution in [2.45, 2.75) is 33.1 Å². The summed E-state index contributed by atoms with van der Waals surface area (Å²) in [5, 5.41) is 0. The molecule has 0 spiro atoms. The van der Waals surface area contributed by atoms with Crippen molar-refractivity contribution >= 4 is 5.91 Å². The van der Waals surface area contributed by atoms with Crippen molar-refractivity contribution < 1.29 is 4.79 Å². The second-order valence-electron chi connectivity index (χ2n) is 2.85. The fraction of sp³-hybridized carbons (Fsp3) is 0.667. The third-order valence-electron chi connectivity index (χ3n) is 2.04. The molecular formula is C9H17NO. The third kappa shape index (κ3) is 3.81. The average molecular weight is 155 g/mol. The molecule has 0 fully saturated rings. The predicted molar refractivity (Wildman–Crippen MR) is 47.0 cm³/mol. The standard InChI is InChI=1S/C9H17NO/c1-4-8(5-2)6-7(3)9(10)11/h8H,3-6H2,1-2H3,(H2,10,11). The quantitative estimate of drug-likeness (QED) is 0.605. The van der Waals surface area contributed by atoms with E-state index in [1.54, 1.807) is 0 Å². The molecule has 1 amide bonds. The number of rotatable bonds is 5. The van der Waals surface area contributed by atoms with Crippen molar-refractivity contribution in [2.75, 3.05) is 0 Å². The summed E-state index contributed by atoms with van der Waals surface area (Å²) < 4.78 is 0. The number of hydrogen-bond acceptors (Lipinski definition) is 1. The van der Waals surface area contributed by atoms with E-state index in [1.807, 2.05) is 0 Å². The molecule has 0 saturated heterocycles. The van der Waals surface area contributed by atoms with Gasteiger partial charge in [0.2, 0.25) is 5.91 Å². The van der Waals surface area contributed by atoms with Crippen LogP contribution in [0.25, 0.3) is 0 Å². The van der Waals surface area contributed by atoms with Crippen molar-refractivity contribution in [3.8, 4) is 0 Å². The van der Waals surface area contributed by atoms with Crippen LogP contribution in [0.4, 0.5) is 0 Å². The summed E-state index contributed by atoms with van der Waals surface area (Å²) in [5.41, 5.74) is 5.61. The summed E-state index contributed by atoms with van der Waals surface area (Å²) in [5.74, 6) is 0.201. The van der Waals surface area contributed by atoms with Gasteiger partial charge in [0.15, 0.2) is 0 Å². The van der Waals surface area contributed by atoms with Crippen molar-refractivity contribution in [1.29, 1.82) is 0 Å². The minimum atomic E-state index is -0.364. The summed E-state index contributed by atoms with van der Waals surface area (Å²) >= 11 is 0. The van der Waals surface area contributed by atoms with Gasteiger partial charge in [0.1, 0.15) is 0 Å². The largest absolute Gasteiger partial charge is 0.366 e. The normalized spacial score (nSPS) is 10.1. The van der Waals surface area contributed by atoms with Crippen LogP contribution < -0.4 is 5.73 Å². The minimum Gasteiger partial charge on any atom is -0.366 e. The van der Waals surface area contributed by atoms with Gasteiger partial charge in [0.05, 0.1) is 0 Å². The number of primary amides is 1. The van der Waals surface area contributed by atoms with E-state index in [9.17, 15) is 4.79 Å². The number of nitrogens with two attached hydrogens (primary N) is 1. The van der Waals surface area contributed by atoms with E-state index >= 15 is 0 Å². The Bertz CT molecular complexity index is 148. The molecule has 2 N–H and O–H groups in total. The molecule has 0 unspecified atom stereocenters. The van der Waals surface area contributed by atoms with Crippen molar-refractivity contribution in [1.82, 2.24) is 0 Å². The monoisotopic (exact) mass is 155 g/mol. The van der Waals surface area contributed by atoms with Crippen molar-refractivity contribution in [2.24, 2.45) is 11.7 Å². The second-order valence-corrected chi connectivity index (χ2v) is 2.85. The highest BCUT2D eigenvalue weighted by Crippen LogP contribution is 2.16. The SMILES string of the molecule is C=C(CC(CC)CC)C(N)=O. The maximum atomic E-state index is 10.6. The van der Waals surface area contributed by atoms with Gasteiger partial charge in [-0.05, 0) is 12.3 Å². The van der Waals surface area contributed by atoms with Crippen LogP contribution in [0.2, 0.25) is 0 Å². The molecule has 0 aromatic heterocycles. The first-order chi connectivity index (χ1) is 5.11. The van der Waals surface area contributed by atoms with Gasteiger partial charge in [0, 0.05) is 5.57 Å². The van der Waals surface area contributed by atoms with E-state index in [0.29, 0.717) is 11.5 Å². The summed E-state index contributed by atoms with van der Waals surface area (Å²) in [4.78, 5) is 10.6. The Kier molecular flexibility index (Phi) is 4.59. The lowest BCUT2D eigenvalue weighted by Crippen LogP contribution is -2.15. The van der Waals surface area contributed by atoms with Crippen LogP contribution in [0.1, 0.15) is 33.1 Å². The molecule has 2 heteroatoms. The molecule has 0 aliphatic heterocycles. The smallest absolute Gasteiger partial charge is 0.244 e. The Hall–Kier alpha value is -0.790. The van der Waals surface area contributed by atoms with Gasteiger partial charge in [-0.15, -0.1) is 0 Å². The van der Waals surface area contributed by atoms with Gasteiger partial charge in [-0.1, -0.05) is 33.3 Å². The molecule has 0 bridgehead atoms. The number of carbonyl (C=O) groups is 1. The van der Waals surface area contributed by atoms with Gasteiger partial charge >= 0.3 is 0 Å². The van der Waals surface area contributed by atoms with E-state index in [-0.39, 0.29) is 5.91 Å². The van der Waals surface area contributed by atoms with E-state index in [2.05, 4.69) is 20.4 Å². The molecule has 0 heterocycles. The fourth-order valence-electron chi connectivity index (χ4n) is 1.03. The molecule has 64 valence electrons. The molecule has 0 rings (SSSR count). The minimum absolute atomic E-state index is 0.364. The first-order valence-corrected chi connectivity index (χ1v) is 4.09. The lowest BCUT2D eigenvalue weighted by Gasteiger charge is -2.11. The summed E-state index contributed by atoms with van der Waals surface area (Å²) in [6, 6.07) is 0. The third-order valence-corrected chi connectivity index (χ3v) is 2.04. The van der Waals surface area contributed by atoms with E-state index < -0.39 is 0 Å². The van der Waals surface area contributed by atoms with Crippen molar-refractivity contribution in [3.05, 3.63) is 12.2 Å². The molecule has 0 radical (unpaired) electrons. The first kappa shape index (κ1) is 10.2. The lowest BCUT2D eigenvalue weighted by atomic mass is 9.95. The number of hydrogen-bond donors (Lipinski definition) is 1. The second kappa shape index (κ2) is 4.94. The topological polar surface area (TPSA) is 43.1 Å². The highest BCUT2D eigenvalue weighted by atomic mass is 16.1. The number of carbonyl (C=O) groups excluding carboxylic acids is 1. The summed E-state index contributed by atoms with van der Waals surface area (Å²) in [6.07, 6.45) is 2.92. The molecule has 2 nitrogen and oxygen atoms in total. The molecule has 0 aromatic rings. The predicted octanol–water partition coefficient (Wildman–Crippen LogP) is 1.85. The van der Waals surface area contributed by atoms with Gasteiger partial charge in [-0.25, -0.2) is 0 Å². The van der Waals surface area contributed by atoms with Crippen LogP contribution >= 0.6 is 0 Å². The molecular weight excluding hydrogens is 138 g/mol. The van der Waals surface area contributed by atoms with Crippen LogP contribution in [0.5, 0.6) is 0 Å². The van der Waals surface area contributed by atoms with Gasteiger partial charge in [-0.2, -0.15) is 0 Å². The van der Waals surface area contributed by atoms with Crippen LogP contribution in [0.3, 0.4) is 0 Å². The summed E-state index contributed by atoms with van der Waals surface area (Å²) in [7, 11) is 0. The van der Waals surface area contributed by atoms with Gasteiger partial charge in [0.25, 0.3) is 0 Å². The lowest BCUT2D eigenvalue weighted by molar-refractivity contribution is -0.114. The summed E-state index contributed by atoms with van der Waals surface area (Å²) in [6.45, 7) is 7.84. The fourth-order valence-corrected chi connectivity index (χ4v) is 1.03. The van der Waals surface area contributed by atoms with Crippen molar-refractivity contribution in [3.63, 3.8) is 0 Å². The van der Waals surface area contributed by atoms with E-state index in [4.69, 9.17) is 5.73 Å². The molecule has 0 atom stereocenters. The van der Waals surface area contributed by atoms with E-state index in [0.717, 1.165) is 19.3 Å².